The number of aromatic nitrogens is 5. The second-order valence-electron chi connectivity index (χ2n) is 10.5. The quantitative estimate of drug-likeness (QED) is 0.200. The van der Waals surface area contributed by atoms with Gasteiger partial charge in [0.25, 0.3) is 0 Å². The Balaban J connectivity index is 1.67. The zero-order chi connectivity index (χ0) is 27.2. The van der Waals surface area contributed by atoms with Crippen LogP contribution in [0.3, 0.4) is 0 Å². The number of aromatic amines is 2. The highest BCUT2D eigenvalue weighted by Crippen LogP contribution is 2.38. The fourth-order valence-corrected chi connectivity index (χ4v) is 5.44. The topological polar surface area (TPSA) is 129 Å². The number of benzene rings is 2. The summed E-state index contributed by atoms with van der Waals surface area (Å²) in [6, 6.07) is 13.1. The highest BCUT2D eigenvalue weighted by molar-refractivity contribution is 7.98. The molecule has 0 saturated carbocycles. The van der Waals surface area contributed by atoms with E-state index in [1.807, 2.05) is 49.6 Å². The van der Waals surface area contributed by atoms with Gasteiger partial charge in [0.15, 0.2) is 5.82 Å². The molecule has 0 spiro atoms. The number of nitrogens with two attached hydrogens (primary N) is 1. The van der Waals surface area contributed by atoms with Crippen LogP contribution in [-0.4, -0.2) is 53.9 Å². The minimum absolute atomic E-state index is 0.0813. The minimum atomic E-state index is -0.922. The first kappa shape index (κ1) is 25.7. The van der Waals surface area contributed by atoms with Crippen LogP contribution in [0.15, 0.2) is 48.7 Å². The molecule has 0 aliphatic heterocycles. The maximum atomic E-state index is 12.6. The number of carboxylic acid groups (broad SMARTS) is 1. The third-order valence-corrected chi connectivity index (χ3v) is 7.43. The van der Waals surface area contributed by atoms with E-state index in [0.29, 0.717) is 29.5 Å². The molecule has 9 nitrogen and oxygen atoms in total. The number of aryl methyl sites for hydroxylation is 1. The SMILES string of the molecule is CSCC[C@@H](C(=O)O)N(c1cc2c(C(C)(C)C)cccc2[nH]1)c1cnn(-c2ccc3[nH]c(C)nc3c2)c1N. The summed E-state index contributed by atoms with van der Waals surface area (Å²) in [5, 5.41) is 16.0. The van der Waals surface area contributed by atoms with Crippen LogP contribution in [0, 0.1) is 6.92 Å². The molecule has 5 N–H and O–H groups in total. The Bertz CT molecular complexity index is 1630. The van der Waals surface area contributed by atoms with E-state index in [-0.39, 0.29) is 5.41 Å². The van der Waals surface area contributed by atoms with Gasteiger partial charge in [0, 0.05) is 10.9 Å². The van der Waals surface area contributed by atoms with Crippen molar-refractivity contribution in [3.8, 4) is 5.69 Å². The molecule has 5 rings (SSSR count). The molecule has 5 aromatic rings. The van der Waals surface area contributed by atoms with E-state index in [1.54, 1.807) is 27.5 Å². The van der Waals surface area contributed by atoms with Crippen molar-refractivity contribution < 1.29 is 9.90 Å². The minimum Gasteiger partial charge on any atom is -0.480 e. The van der Waals surface area contributed by atoms with Crippen molar-refractivity contribution in [1.82, 2.24) is 24.7 Å². The monoisotopic (exact) mass is 531 g/mol. The summed E-state index contributed by atoms with van der Waals surface area (Å²) in [4.78, 5) is 25.6. The van der Waals surface area contributed by atoms with Gasteiger partial charge in [-0.2, -0.15) is 16.9 Å². The van der Waals surface area contributed by atoms with Gasteiger partial charge in [-0.05, 0) is 66.7 Å². The number of rotatable bonds is 8. The number of aliphatic carboxylic acids is 1. The van der Waals surface area contributed by atoms with Crippen LogP contribution in [0.2, 0.25) is 0 Å². The predicted molar refractivity (Wildman–Crippen MR) is 156 cm³/mol. The number of H-pyrrole nitrogens is 2. The zero-order valence-electron chi connectivity index (χ0n) is 22.2. The lowest BCUT2D eigenvalue weighted by atomic mass is 9.85. The maximum absolute atomic E-state index is 12.6. The van der Waals surface area contributed by atoms with Crippen molar-refractivity contribution in [3.63, 3.8) is 0 Å². The largest absolute Gasteiger partial charge is 0.480 e. The molecule has 198 valence electrons. The fourth-order valence-electron chi connectivity index (χ4n) is 4.98. The third-order valence-electron chi connectivity index (χ3n) is 6.78. The highest BCUT2D eigenvalue weighted by Gasteiger charge is 2.32. The van der Waals surface area contributed by atoms with Crippen molar-refractivity contribution in [2.24, 2.45) is 0 Å². The summed E-state index contributed by atoms with van der Waals surface area (Å²) in [6.45, 7) is 8.42. The summed E-state index contributed by atoms with van der Waals surface area (Å²) in [5.41, 5.74) is 11.7. The third kappa shape index (κ3) is 4.60. The normalized spacial score (nSPS) is 12.9. The predicted octanol–water partition coefficient (Wildman–Crippen LogP) is 5.76. The van der Waals surface area contributed by atoms with Gasteiger partial charge in [-0.1, -0.05) is 32.9 Å². The summed E-state index contributed by atoms with van der Waals surface area (Å²) < 4.78 is 1.63. The number of thioether (sulfide) groups is 1. The number of carbonyl (C=O) groups is 1. The number of anilines is 3. The van der Waals surface area contributed by atoms with E-state index in [9.17, 15) is 9.90 Å². The summed E-state index contributed by atoms with van der Waals surface area (Å²) in [6.07, 6.45) is 4.04. The van der Waals surface area contributed by atoms with Crippen molar-refractivity contribution in [1.29, 1.82) is 0 Å². The molecule has 0 bridgehead atoms. The lowest BCUT2D eigenvalue weighted by molar-refractivity contribution is -0.138. The lowest BCUT2D eigenvalue weighted by Crippen LogP contribution is -2.39. The van der Waals surface area contributed by atoms with Crippen LogP contribution in [-0.2, 0) is 10.2 Å². The number of nitrogen functional groups attached to an aromatic ring is 1. The molecule has 0 saturated heterocycles. The Kier molecular flexibility index (Phi) is 6.60. The fraction of sp³-hybridized carbons (Fsp3) is 0.321. The summed E-state index contributed by atoms with van der Waals surface area (Å²) in [7, 11) is 0. The van der Waals surface area contributed by atoms with Crippen LogP contribution in [0.4, 0.5) is 17.3 Å². The van der Waals surface area contributed by atoms with Crippen LogP contribution in [0.25, 0.3) is 27.6 Å². The van der Waals surface area contributed by atoms with E-state index in [4.69, 9.17) is 5.73 Å². The van der Waals surface area contributed by atoms with Crippen LogP contribution in [0.1, 0.15) is 38.6 Å². The number of imidazole rings is 1. The first-order valence-electron chi connectivity index (χ1n) is 12.5. The van der Waals surface area contributed by atoms with Crippen molar-refractivity contribution >= 4 is 57.0 Å². The van der Waals surface area contributed by atoms with E-state index in [2.05, 4.69) is 46.9 Å². The molecule has 0 radical (unpaired) electrons. The Morgan fingerprint density at radius 2 is 1.97 bits per heavy atom. The van der Waals surface area contributed by atoms with E-state index >= 15 is 0 Å². The van der Waals surface area contributed by atoms with Gasteiger partial charge in [0.1, 0.15) is 23.4 Å². The smallest absolute Gasteiger partial charge is 0.326 e. The van der Waals surface area contributed by atoms with Gasteiger partial charge in [-0.25, -0.2) is 14.5 Å². The molecule has 2 aromatic carbocycles. The molecular weight excluding hydrogens is 498 g/mol. The molecule has 0 amide bonds. The molecule has 0 aliphatic carbocycles. The molecule has 38 heavy (non-hydrogen) atoms. The summed E-state index contributed by atoms with van der Waals surface area (Å²) in [5.74, 6) is 1.60. The Labute approximate surface area is 225 Å². The van der Waals surface area contributed by atoms with Gasteiger partial charge in [0.05, 0.1) is 22.9 Å². The maximum Gasteiger partial charge on any atom is 0.326 e. The Morgan fingerprint density at radius 1 is 1.18 bits per heavy atom. The number of nitrogens with one attached hydrogen (secondary N) is 2. The van der Waals surface area contributed by atoms with Crippen molar-refractivity contribution in [2.75, 3.05) is 22.6 Å². The molecule has 3 aromatic heterocycles. The number of hydrogen-bond acceptors (Lipinski definition) is 6. The van der Waals surface area contributed by atoms with Crippen LogP contribution < -0.4 is 10.6 Å². The molecular formula is C28H33N7O2S. The number of hydrogen-bond donors (Lipinski definition) is 4. The molecule has 10 heteroatoms. The average molecular weight is 532 g/mol. The van der Waals surface area contributed by atoms with Crippen LogP contribution >= 0.6 is 11.8 Å². The molecule has 3 heterocycles. The zero-order valence-corrected chi connectivity index (χ0v) is 23.1. The molecule has 0 unspecified atom stereocenters. The summed E-state index contributed by atoms with van der Waals surface area (Å²) >= 11 is 1.61. The first-order chi connectivity index (χ1) is 18.1. The molecule has 0 aliphatic rings. The van der Waals surface area contributed by atoms with Gasteiger partial charge >= 0.3 is 5.97 Å². The van der Waals surface area contributed by atoms with Gasteiger partial charge in [-0.3, -0.25) is 0 Å². The average Bonchev–Trinajstić information content (AvgIpc) is 3.55. The second kappa shape index (κ2) is 9.75. The van der Waals surface area contributed by atoms with Gasteiger partial charge in [-0.15, -0.1) is 0 Å². The van der Waals surface area contributed by atoms with Crippen LogP contribution in [0.5, 0.6) is 0 Å². The van der Waals surface area contributed by atoms with E-state index in [0.717, 1.165) is 33.4 Å². The number of nitrogens with zero attached hydrogens (tertiary/aromatic N) is 4. The highest BCUT2D eigenvalue weighted by atomic mass is 32.2. The Hall–Kier alpha value is -3.92. The van der Waals surface area contributed by atoms with E-state index in [1.165, 1.54) is 5.56 Å². The lowest BCUT2D eigenvalue weighted by Gasteiger charge is -2.29. The van der Waals surface area contributed by atoms with Crippen molar-refractivity contribution in [3.05, 3.63) is 60.0 Å². The molecule has 0 fully saturated rings. The number of fused-ring (bicyclic) bond motifs is 2. The van der Waals surface area contributed by atoms with Gasteiger partial charge < -0.3 is 25.7 Å². The first-order valence-corrected chi connectivity index (χ1v) is 13.9. The number of carboxylic acids is 1. The standard InChI is InChI=1S/C28H33N7O2S/c1-16-31-21-10-9-17(13-22(21)32-16)35-26(29)24(15-30-35)34(23(27(36)37)11-12-38-5)25-14-18-19(28(2,3)4)7-6-8-20(18)33-25/h6-10,13-15,23,33H,11-12,29H2,1-5H3,(H,31,32)(H,36,37)/t23-/m0/s1. The van der Waals surface area contributed by atoms with Crippen molar-refractivity contribution in [2.45, 2.75) is 45.6 Å². The van der Waals surface area contributed by atoms with E-state index < -0.39 is 12.0 Å². The van der Waals surface area contributed by atoms with Gasteiger partial charge in [0.2, 0.25) is 0 Å². The molecule has 1 atom stereocenters. The Morgan fingerprint density at radius 3 is 2.68 bits per heavy atom. The second-order valence-corrected chi connectivity index (χ2v) is 11.5.